The van der Waals surface area contributed by atoms with E-state index in [0.717, 1.165) is 4.47 Å². The SMILES string of the molecule is O=C(O)c1ccc(Br)cc1Oc1ccc(Cl)cc1Br. The predicted octanol–water partition coefficient (Wildman–Crippen LogP) is 5.36. The molecule has 0 bridgehead atoms. The monoisotopic (exact) mass is 404 g/mol. The fraction of sp³-hybridized carbons (Fsp3) is 0. The van der Waals surface area contributed by atoms with E-state index in [9.17, 15) is 4.79 Å². The van der Waals surface area contributed by atoms with Gasteiger partial charge in [0.15, 0.2) is 0 Å². The van der Waals surface area contributed by atoms with E-state index in [2.05, 4.69) is 31.9 Å². The Balaban J connectivity index is 2.42. The van der Waals surface area contributed by atoms with Crippen LogP contribution >= 0.6 is 43.5 Å². The third kappa shape index (κ3) is 3.49. The van der Waals surface area contributed by atoms with Gasteiger partial charge in [-0.1, -0.05) is 27.5 Å². The van der Waals surface area contributed by atoms with E-state index >= 15 is 0 Å². The summed E-state index contributed by atoms with van der Waals surface area (Å²) in [5.41, 5.74) is 0.0880. The average molecular weight is 406 g/mol. The number of halogens is 3. The van der Waals surface area contributed by atoms with Gasteiger partial charge in [-0.25, -0.2) is 4.79 Å². The van der Waals surface area contributed by atoms with Crippen LogP contribution in [0.5, 0.6) is 11.5 Å². The van der Waals surface area contributed by atoms with Crippen LogP contribution in [0, 0.1) is 0 Å². The maximum absolute atomic E-state index is 11.1. The van der Waals surface area contributed by atoms with Gasteiger partial charge in [0.05, 0.1) is 4.47 Å². The minimum atomic E-state index is -1.05. The average Bonchev–Trinajstić information content (AvgIpc) is 2.32. The van der Waals surface area contributed by atoms with Crippen molar-refractivity contribution in [2.75, 3.05) is 0 Å². The van der Waals surface area contributed by atoms with Gasteiger partial charge in [0, 0.05) is 9.50 Å². The maximum Gasteiger partial charge on any atom is 0.339 e. The number of benzene rings is 2. The summed E-state index contributed by atoms with van der Waals surface area (Å²) in [5, 5.41) is 9.68. The van der Waals surface area contributed by atoms with Crippen LogP contribution < -0.4 is 4.74 Å². The molecular weight excluding hydrogens is 399 g/mol. The molecule has 0 amide bonds. The Morgan fingerprint density at radius 3 is 2.47 bits per heavy atom. The van der Waals surface area contributed by atoms with E-state index in [0.29, 0.717) is 15.2 Å². The van der Waals surface area contributed by atoms with Crippen molar-refractivity contribution in [1.82, 2.24) is 0 Å². The first-order valence-corrected chi connectivity index (χ1v) is 7.09. The van der Waals surface area contributed by atoms with E-state index < -0.39 is 5.97 Å². The van der Waals surface area contributed by atoms with Gasteiger partial charge in [-0.05, 0) is 52.3 Å². The molecule has 0 unspecified atom stereocenters. The number of ether oxygens (including phenoxy) is 1. The Morgan fingerprint density at radius 2 is 1.84 bits per heavy atom. The van der Waals surface area contributed by atoms with Crippen molar-refractivity contribution < 1.29 is 14.6 Å². The highest BCUT2D eigenvalue weighted by Crippen LogP contribution is 2.34. The second-order valence-electron chi connectivity index (χ2n) is 3.62. The summed E-state index contributed by atoms with van der Waals surface area (Å²) in [5.74, 6) is -0.303. The Bertz CT molecular complexity index is 644. The Hall–Kier alpha value is -1.04. The van der Waals surface area contributed by atoms with Gasteiger partial charge in [0.1, 0.15) is 17.1 Å². The van der Waals surface area contributed by atoms with E-state index in [4.69, 9.17) is 21.4 Å². The van der Waals surface area contributed by atoms with Crippen LogP contribution in [0.25, 0.3) is 0 Å². The summed E-state index contributed by atoms with van der Waals surface area (Å²) in [6, 6.07) is 9.73. The van der Waals surface area contributed by atoms with Crippen LogP contribution in [0.4, 0.5) is 0 Å². The minimum absolute atomic E-state index is 0.0880. The second kappa shape index (κ2) is 5.94. The molecule has 2 aromatic rings. The summed E-state index contributed by atoms with van der Waals surface area (Å²) in [7, 11) is 0. The third-order valence-electron chi connectivity index (χ3n) is 2.29. The Morgan fingerprint density at radius 1 is 1.11 bits per heavy atom. The fourth-order valence-electron chi connectivity index (χ4n) is 1.43. The molecule has 0 aliphatic heterocycles. The molecule has 1 N–H and O–H groups in total. The molecular formula is C13H7Br2ClO3. The van der Waals surface area contributed by atoms with E-state index in [1.54, 1.807) is 30.3 Å². The maximum atomic E-state index is 11.1. The predicted molar refractivity (Wildman–Crippen MR) is 80.3 cm³/mol. The largest absolute Gasteiger partial charge is 0.478 e. The highest BCUT2D eigenvalue weighted by molar-refractivity contribution is 9.10. The van der Waals surface area contributed by atoms with E-state index in [1.165, 1.54) is 6.07 Å². The zero-order valence-corrected chi connectivity index (χ0v) is 13.3. The molecule has 0 spiro atoms. The zero-order valence-electron chi connectivity index (χ0n) is 9.36. The Labute approximate surface area is 131 Å². The quantitative estimate of drug-likeness (QED) is 0.747. The summed E-state index contributed by atoms with van der Waals surface area (Å²) in [4.78, 5) is 11.1. The molecule has 0 aliphatic rings. The molecule has 98 valence electrons. The number of rotatable bonds is 3. The van der Waals surface area contributed by atoms with Gasteiger partial charge >= 0.3 is 5.97 Å². The van der Waals surface area contributed by atoms with Crippen molar-refractivity contribution in [3.8, 4) is 11.5 Å². The lowest BCUT2D eigenvalue weighted by atomic mass is 10.2. The Kier molecular flexibility index (Phi) is 4.50. The molecule has 0 saturated carbocycles. The first kappa shape index (κ1) is 14.4. The van der Waals surface area contributed by atoms with Gasteiger partial charge in [-0.3, -0.25) is 0 Å². The number of hydrogen-bond donors (Lipinski definition) is 1. The van der Waals surface area contributed by atoms with Crippen LogP contribution in [0.15, 0.2) is 45.3 Å². The van der Waals surface area contributed by atoms with Gasteiger partial charge in [-0.15, -0.1) is 0 Å². The summed E-state index contributed by atoms with van der Waals surface area (Å²) in [6.07, 6.45) is 0. The molecule has 2 rings (SSSR count). The lowest BCUT2D eigenvalue weighted by Gasteiger charge is -2.11. The molecule has 3 nitrogen and oxygen atoms in total. The first-order chi connectivity index (χ1) is 8.97. The van der Waals surface area contributed by atoms with Crippen molar-refractivity contribution in [2.24, 2.45) is 0 Å². The van der Waals surface area contributed by atoms with Crippen LogP contribution in [0.3, 0.4) is 0 Å². The molecule has 0 heterocycles. The number of aromatic carboxylic acids is 1. The van der Waals surface area contributed by atoms with Gasteiger partial charge in [-0.2, -0.15) is 0 Å². The number of carboxylic acid groups (broad SMARTS) is 1. The van der Waals surface area contributed by atoms with Crippen molar-refractivity contribution >= 4 is 49.4 Å². The van der Waals surface area contributed by atoms with Crippen LogP contribution in [0.2, 0.25) is 5.02 Å². The molecule has 0 saturated heterocycles. The van der Waals surface area contributed by atoms with Crippen LogP contribution in [0.1, 0.15) is 10.4 Å². The van der Waals surface area contributed by atoms with Crippen molar-refractivity contribution in [3.05, 3.63) is 55.9 Å². The third-order valence-corrected chi connectivity index (χ3v) is 3.64. The zero-order chi connectivity index (χ0) is 14.0. The molecule has 19 heavy (non-hydrogen) atoms. The minimum Gasteiger partial charge on any atom is -0.478 e. The van der Waals surface area contributed by atoms with E-state index in [1.807, 2.05) is 0 Å². The lowest BCUT2D eigenvalue weighted by Crippen LogP contribution is -2.00. The van der Waals surface area contributed by atoms with Crippen LogP contribution in [-0.2, 0) is 0 Å². The molecule has 0 radical (unpaired) electrons. The van der Waals surface area contributed by atoms with Crippen molar-refractivity contribution in [3.63, 3.8) is 0 Å². The highest BCUT2D eigenvalue weighted by atomic mass is 79.9. The van der Waals surface area contributed by atoms with Crippen molar-refractivity contribution in [2.45, 2.75) is 0 Å². The van der Waals surface area contributed by atoms with Gasteiger partial charge in [0.2, 0.25) is 0 Å². The molecule has 6 heteroatoms. The van der Waals surface area contributed by atoms with Crippen molar-refractivity contribution in [1.29, 1.82) is 0 Å². The fourth-order valence-corrected chi connectivity index (χ4v) is 2.54. The smallest absolute Gasteiger partial charge is 0.339 e. The molecule has 2 aromatic carbocycles. The summed E-state index contributed by atoms with van der Waals surface area (Å²) >= 11 is 12.4. The standard InChI is InChI=1S/C13H7Br2ClO3/c14-7-1-3-9(13(17)18)12(5-7)19-11-4-2-8(16)6-10(11)15/h1-6H,(H,17,18). The van der Waals surface area contributed by atoms with Crippen LogP contribution in [-0.4, -0.2) is 11.1 Å². The van der Waals surface area contributed by atoms with E-state index in [-0.39, 0.29) is 11.3 Å². The lowest BCUT2D eigenvalue weighted by molar-refractivity contribution is 0.0694. The number of carbonyl (C=O) groups is 1. The molecule has 0 aromatic heterocycles. The second-order valence-corrected chi connectivity index (χ2v) is 5.83. The number of carboxylic acids is 1. The molecule has 0 fully saturated rings. The topological polar surface area (TPSA) is 46.5 Å². The molecule has 0 aliphatic carbocycles. The first-order valence-electron chi connectivity index (χ1n) is 5.13. The van der Waals surface area contributed by atoms with Gasteiger partial charge in [0.25, 0.3) is 0 Å². The molecule has 0 atom stereocenters. The number of hydrogen-bond acceptors (Lipinski definition) is 2. The van der Waals surface area contributed by atoms with Gasteiger partial charge < -0.3 is 9.84 Å². The highest BCUT2D eigenvalue weighted by Gasteiger charge is 2.13. The normalized spacial score (nSPS) is 10.3. The summed E-state index contributed by atoms with van der Waals surface area (Å²) in [6.45, 7) is 0. The summed E-state index contributed by atoms with van der Waals surface area (Å²) < 4.78 is 7.00.